The summed E-state index contributed by atoms with van der Waals surface area (Å²) in [5.74, 6) is 2.34. The molecule has 7 rings (SSSR count). The van der Waals surface area contributed by atoms with Crippen LogP contribution in [-0.2, 0) is 12.8 Å². The standard InChI is InChI=1S/C29H30FN5/c30-23-15-19(8-11-22(23)26-16-32-28(34-26)17-4-1-2-5-17)18-7-10-21-20(14-18)9-12-24-27(21)35-29(33-24)25-6-3-13-31-25/h7-8,10-11,14-17,25,31H,1-6,9,12-13H2,(H,32,34)(H,33,35)/t25-/m0/s1. The highest BCUT2D eigenvalue weighted by molar-refractivity contribution is 5.76. The highest BCUT2D eigenvalue weighted by atomic mass is 19.1. The molecule has 0 bridgehead atoms. The molecule has 5 nitrogen and oxygen atoms in total. The van der Waals surface area contributed by atoms with Crippen molar-refractivity contribution in [1.82, 2.24) is 25.3 Å². The molecule has 2 aliphatic carbocycles. The molecule has 35 heavy (non-hydrogen) atoms. The fraction of sp³-hybridized carbons (Fsp3) is 0.379. The van der Waals surface area contributed by atoms with Gasteiger partial charge in [0.1, 0.15) is 17.5 Å². The summed E-state index contributed by atoms with van der Waals surface area (Å²) in [6.45, 7) is 1.06. The highest BCUT2D eigenvalue weighted by Gasteiger charge is 2.26. The van der Waals surface area contributed by atoms with Crippen LogP contribution in [0.3, 0.4) is 0 Å². The molecular weight excluding hydrogens is 437 g/mol. The van der Waals surface area contributed by atoms with Crippen molar-refractivity contribution in [3.8, 4) is 33.6 Å². The predicted octanol–water partition coefficient (Wildman–Crippen LogP) is 6.45. The number of halogens is 1. The lowest BCUT2D eigenvalue weighted by Gasteiger charge is -2.16. The van der Waals surface area contributed by atoms with Gasteiger partial charge in [0.25, 0.3) is 0 Å². The summed E-state index contributed by atoms with van der Waals surface area (Å²) >= 11 is 0. The van der Waals surface area contributed by atoms with E-state index >= 15 is 4.39 Å². The van der Waals surface area contributed by atoms with E-state index in [1.807, 2.05) is 12.1 Å². The van der Waals surface area contributed by atoms with Gasteiger partial charge in [0.15, 0.2) is 0 Å². The Balaban J connectivity index is 1.16. The monoisotopic (exact) mass is 467 g/mol. The van der Waals surface area contributed by atoms with Gasteiger partial charge in [-0.05, 0) is 73.9 Å². The van der Waals surface area contributed by atoms with Gasteiger partial charge in [-0.3, -0.25) is 0 Å². The summed E-state index contributed by atoms with van der Waals surface area (Å²) in [5, 5.41) is 3.54. The van der Waals surface area contributed by atoms with Gasteiger partial charge in [0.05, 0.1) is 23.6 Å². The smallest absolute Gasteiger partial charge is 0.133 e. The maximum absolute atomic E-state index is 15.2. The zero-order valence-electron chi connectivity index (χ0n) is 19.8. The zero-order valence-corrected chi connectivity index (χ0v) is 19.8. The molecule has 2 fully saturated rings. The van der Waals surface area contributed by atoms with Gasteiger partial charge in [0, 0.05) is 22.7 Å². The van der Waals surface area contributed by atoms with Gasteiger partial charge in [-0.1, -0.05) is 37.1 Å². The molecule has 0 spiro atoms. The predicted molar refractivity (Wildman–Crippen MR) is 136 cm³/mol. The van der Waals surface area contributed by atoms with E-state index in [0.717, 1.165) is 60.0 Å². The van der Waals surface area contributed by atoms with Crippen molar-refractivity contribution >= 4 is 0 Å². The second-order valence-corrected chi connectivity index (χ2v) is 10.3. The lowest BCUT2D eigenvalue weighted by atomic mass is 9.89. The molecule has 178 valence electrons. The van der Waals surface area contributed by atoms with Crippen molar-refractivity contribution in [2.75, 3.05) is 6.54 Å². The molecule has 2 aromatic carbocycles. The first-order valence-electron chi connectivity index (χ1n) is 13.0. The van der Waals surface area contributed by atoms with Gasteiger partial charge in [-0.15, -0.1) is 0 Å². The number of fused-ring (bicyclic) bond motifs is 3. The van der Waals surface area contributed by atoms with Gasteiger partial charge >= 0.3 is 0 Å². The molecule has 1 saturated carbocycles. The Hall–Kier alpha value is -3.25. The minimum atomic E-state index is -0.217. The summed E-state index contributed by atoms with van der Waals surface area (Å²) in [5.41, 5.74) is 8.09. The van der Waals surface area contributed by atoms with Crippen molar-refractivity contribution in [2.45, 2.75) is 63.3 Å². The Kier molecular flexibility index (Phi) is 5.09. The van der Waals surface area contributed by atoms with Crippen molar-refractivity contribution in [1.29, 1.82) is 0 Å². The fourth-order valence-corrected chi connectivity index (χ4v) is 6.18. The highest BCUT2D eigenvalue weighted by Crippen LogP contribution is 2.37. The van der Waals surface area contributed by atoms with Crippen LogP contribution in [0.5, 0.6) is 0 Å². The summed E-state index contributed by atoms with van der Waals surface area (Å²) in [6.07, 6.45) is 10.9. The first kappa shape index (κ1) is 21.1. The fourth-order valence-electron chi connectivity index (χ4n) is 6.18. The molecule has 1 aliphatic heterocycles. The second kappa shape index (κ2) is 8.45. The number of nitrogens with one attached hydrogen (secondary N) is 3. The lowest BCUT2D eigenvalue weighted by molar-refractivity contribution is 0.611. The molecule has 0 unspecified atom stereocenters. The number of rotatable bonds is 4. The lowest BCUT2D eigenvalue weighted by Crippen LogP contribution is -2.14. The molecule has 0 amide bonds. The number of hydrogen-bond acceptors (Lipinski definition) is 3. The van der Waals surface area contributed by atoms with Gasteiger partial charge < -0.3 is 15.3 Å². The number of nitrogens with zero attached hydrogens (tertiary/aromatic N) is 2. The number of aromatic nitrogens is 4. The van der Waals surface area contributed by atoms with Crippen LogP contribution in [0.25, 0.3) is 33.6 Å². The third kappa shape index (κ3) is 3.71. The molecule has 1 atom stereocenters. The summed E-state index contributed by atoms with van der Waals surface area (Å²) in [4.78, 5) is 16.5. The first-order chi connectivity index (χ1) is 17.2. The van der Waals surface area contributed by atoms with Crippen LogP contribution in [0.4, 0.5) is 4.39 Å². The third-order valence-corrected chi connectivity index (χ3v) is 8.12. The normalized spacial score (nSPS) is 19.7. The number of aromatic amines is 2. The van der Waals surface area contributed by atoms with Gasteiger partial charge in [-0.25, -0.2) is 14.4 Å². The maximum atomic E-state index is 15.2. The van der Waals surface area contributed by atoms with Crippen molar-refractivity contribution < 1.29 is 4.39 Å². The number of hydrogen-bond donors (Lipinski definition) is 3. The number of aryl methyl sites for hydroxylation is 2. The minimum Gasteiger partial charge on any atom is -0.344 e. The molecule has 2 aromatic heterocycles. The Morgan fingerprint density at radius 3 is 2.46 bits per heavy atom. The quantitative estimate of drug-likeness (QED) is 0.323. The van der Waals surface area contributed by atoms with E-state index in [2.05, 4.69) is 38.5 Å². The second-order valence-electron chi connectivity index (χ2n) is 10.3. The summed E-state index contributed by atoms with van der Waals surface area (Å²) in [6, 6.07) is 12.4. The van der Waals surface area contributed by atoms with Crippen LogP contribution >= 0.6 is 0 Å². The topological polar surface area (TPSA) is 69.4 Å². The molecule has 6 heteroatoms. The Bertz CT molecular complexity index is 1390. The van der Waals surface area contributed by atoms with Gasteiger partial charge in [0.2, 0.25) is 0 Å². The van der Waals surface area contributed by atoms with E-state index in [1.165, 1.54) is 48.9 Å². The molecule has 0 radical (unpaired) electrons. The Morgan fingerprint density at radius 2 is 1.66 bits per heavy atom. The van der Waals surface area contributed by atoms with E-state index in [4.69, 9.17) is 4.98 Å². The Morgan fingerprint density at radius 1 is 0.829 bits per heavy atom. The molecular formula is C29H30FN5. The van der Waals surface area contributed by atoms with Crippen LogP contribution in [0.2, 0.25) is 0 Å². The van der Waals surface area contributed by atoms with Crippen LogP contribution in [0.1, 0.15) is 73.4 Å². The van der Waals surface area contributed by atoms with E-state index in [1.54, 1.807) is 12.3 Å². The molecule has 4 aromatic rings. The van der Waals surface area contributed by atoms with E-state index < -0.39 is 0 Å². The first-order valence-corrected chi connectivity index (χ1v) is 13.0. The van der Waals surface area contributed by atoms with E-state index in [0.29, 0.717) is 17.5 Å². The van der Waals surface area contributed by atoms with Crippen LogP contribution in [0, 0.1) is 5.82 Å². The van der Waals surface area contributed by atoms with Gasteiger partial charge in [-0.2, -0.15) is 0 Å². The minimum absolute atomic E-state index is 0.217. The maximum Gasteiger partial charge on any atom is 0.133 e. The van der Waals surface area contributed by atoms with Crippen LogP contribution < -0.4 is 5.32 Å². The zero-order chi connectivity index (χ0) is 23.4. The third-order valence-electron chi connectivity index (χ3n) is 8.12. The average Bonchev–Trinajstić information content (AvgIpc) is 3.69. The average molecular weight is 468 g/mol. The Labute approximate surface area is 204 Å². The van der Waals surface area contributed by atoms with Crippen molar-refractivity contribution in [2.24, 2.45) is 0 Å². The SMILES string of the molecule is Fc1cc(-c2ccc3c(c2)CCc2[nH]c([C@@H]4CCCN4)nc2-3)ccc1-c1cnc(C2CCCC2)[nH]1. The van der Waals surface area contributed by atoms with Crippen molar-refractivity contribution in [3.05, 3.63) is 71.3 Å². The molecule has 3 N–H and O–H groups in total. The molecule has 3 heterocycles. The molecule has 1 saturated heterocycles. The number of imidazole rings is 2. The van der Waals surface area contributed by atoms with E-state index in [-0.39, 0.29) is 5.82 Å². The largest absolute Gasteiger partial charge is 0.344 e. The molecule has 3 aliphatic rings. The van der Waals surface area contributed by atoms with E-state index in [9.17, 15) is 0 Å². The summed E-state index contributed by atoms with van der Waals surface area (Å²) < 4.78 is 15.2. The van der Waals surface area contributed by atoms with Crippen molar-refractivity contribution in [3.63, 3.8) is 0 Å². The van der Waals surface area contributed by atoms with Crippen LogP contribution in [0.15, 0.2) is 42.6 Å². The summed E-state index contributed by atoms with van der Waals surface area (Å²) in [7, 11) is 0. The number of benzene rings is 2. The number of H-pyrrole nitrogens is 2. The van der Waals surface area contributed by atoms with Crippen LogP contribution in [-0.4, -0.2) is 26.5 Å².